The van der Waals surface area contributed by atoms with E-state index in [2.05, 4.69) is 10.3 Å². The number of anilines is 1. The molecule has 72 valence electrons. The van der Waals surface area contributed by atoms with Gasteiger partial charge in [0.25, 0.3) is 0 Å². The maximum absolute atomic E-state index is 5.85. The van der Waals surface area contributed by atoms with Gasteiger partial charge in [0.05, 0.1) is 0 Å². The van der Waals surface area contributed by atoms with Gasteiger partial charge in [-0.25, -0.2) is 0 Å². The molecule has 0 aliphatic heterocycles. The molecule has 0 fully saturated rings. The van der Waals surface area contributed by atoms with Gasteiger partial charge in [0.15, 0.2) is 5.82 Å². The van der Waals surface area contributed by atoms with Crippen molar-refractivity contribution in [1.29, 1.82) is 0 Å². The van der Waals surface area contributed by atoms with Gasteiger partial charge < -0.3 is 9.73 Å². The average molecular weight is 209 g/mol. The fourth-order valence-electron chi connectivity index (χ4n) is 1.14. The minimum absolute atomic E-state index is 0.567. The van der Waals surface area contributed by atoms with Crippen LogP contribution in [0.3, 0.4) is 0 Å². The van der Waals surface area contributed by atoms with Gasteiger partial charge in [0.1, 0.15) is 6.26 Å². The zero-order valence-electron chi connectivity index (χ0n) is 7.62. The van der Waals surface area contributed by atoms with Gasteiger partial charge >= 0.3 is 0 Å². The molecule has 0 saturated heterocycles. The Hall–Kier alpha value is -1.48. The summed E-state index contributed by atoms with van der Waals surface area (Å²) in [5.41, 5.74) is 0.874. The third-order valence-electron chi connectivity index (χ3n) is 1.83. The van der Waals surface area contributed by atoms with Gasteiger partial charge in [-0.2, -0.15) is 4.98 Å². The maximum Gasteiger partial charge on any atom is 0.228 e. The zero-order chi connectivity index (χ0) is 9.97. The van der Waals surface area contributed by atoms with Crippen LogP contribution in [0.15, 0.2) is 34.9 Å². The molecular formula is C10H9ClN2O. The molecule has 1 aromatic heterocycles. The van der Waals surface area contributed by atoms with Crippen molar-refractivity contribution in [2.75, 3.05) is 12.4 Å². The molecule has 3 nitrogen and oxygen atoms in total. The topological polar surface area (TPSA) is 38.1 Å². The highest BCUT2D eigenvalue weighted by Gasteiger charge is 2.05. The Kier molecular flexibility index (Phi) is 2.41. The van der Waals surface area contributed by atoms with Crippen molar-refractivity contribution in [2.24, 2.45) is 0 Å². The monoisotopic (exact) mass is 208 g/mol. The fourth-order valence-corrected chi connectivity index (χ4v) is 1.33. The molecule has 0 aliphatic carbocycles. The number of aromatic nitrogens is 1. The first-order valence-electron chi connectivity index (χ1n) is 4.19. The molecule has 14 heavy (non-hydrogen) atoms. The lowest BCUT2D eigenvalue weighted by atomic mass is 10.2. The second kappa shape index (κ2) is 3.72. The predicted octanol–water partition coefficient (Wildman–Crippen LogP) is 3.04. The number of nitrogens with zero attached hydrogens (tertiary/aromatic N) is 1. The second-order valence-electron chi connectivity index (χ2n) is 2.80. The Morgan fingerprint density at radius 1 is 1.43 bits per heavy atom. The summed E-state index contributed by atoms with van der Waals surface area (Å²) in [7, 11) is 1.79. The molecule has 0 saturated carbocycles. The number of oxazole rings is 1. The molecule has 1 N–H and O–H groups in total. The summed E-state index contributed by atoms with van der Waals surface area (Å²) >= 11 is 5.85. The first-order chi connectivity index (χ1) is 6.79. The summed E-state index contributed by atoms with van der Waals surface area (Å²) in [6.45, 7) is 0. The number of rotatable bonds is 2. The van der Waals surface area contributed by atoms with E-state index in [0.717, 1.165) is 5.56 Å². The molecule has 0 atom stereocenters. The van der Waals surface area contributed by atoms with Crippen LogP contribution in [0, 0.1) is 0 Å². The van der Waals surface area contributed by atoms with E-state index in [-0.39, 0.29) is 0 Å². The molecule has 4 heteroatoms. The highest BCUT2D eigenvalue weighted by Crippen LogP contribution is 2.23. The lowest BCUT2D eigenvalue weighted by Gasteiger charge is -1.94. The number of hydrogen-bond acceptors (Lipinski definition) is 3. The van der Waals surface area contributed by atoms with Crippen LogP contribution in [0.5, 0.6) is 0 Å². The van der Waals surface area contributed by atoms with Crippen LogP contribution in [-0.4, -0.2) is 12.0 Å². The largest absolute Gasteiger partial charge is 0.442 e. The minimum atomic E-state index is 0.567. The Bertz CT molecular complexity index is 439. The summed E-state index contributed by atoms with van der Waals surface area (Å²) in [5, 5.41) is 3.57. The maximum atomic E-state index is 5.85. The van der Waals surface area contributed by atoms with Crippen molar-refractivity contribution in [3.63, 3.8) is 0 Å². The van der Waals surface area contributed by atoms with E-state index in [4.69, 9.17) is 16.0 Å². The van der Waals surface area contributed by atoms with Crippen LogP contribution in [0.25, 0.3) is 11.5 Å². The molecular weight excluding hydrogens is 200 g/mol. The lowest BCUT2D eigenvalue weighted by Crippen LogP contribution is -1.86. The van der Waals surface area contributed by atoms with Crippen molar-refractivity contribution < 1.29 is 4.42 Å². The van der Waals surface area contributed by atoms with E-state index < -0.39 is 0 Å². The summed E-state index contributed by atoms with van der Waals surface area (Å²) in [4.78, 5) is 4.20. The Morgan fingerprint density at radius 2 is 2.29 bits per heavy atom. The average Bonchev–Trinajstić information content (AvgIpc) is 2.66. The van der Waals surface area contributed by atoms with E-state index in [1.165, 1.54) is 0 Å². The Morgan fingerprint density at radius 3 is 2.93 bits per heavy atom. The van der Waals surface area contributed by atoms with Crippen LogP contribution < -0.4 is 5.32 Å². The van der Waals surface area contributed by atoms with Crippen molar-refractivity contribution >= 4 is 17.4 Å². The van der Waals surface area contributed by atoms with E-state index >= 15 is 0 Å². The van der Waals surface area contributed by atoms with Crippen molar-refractivity contribution in [3.8, 4) is 11.5 Å². The minimum Gasteiger partial charge on any atom is -0.442 e. The number of benzene rings is 1. The van der Waals surface area contributed by atoms with E-state index in [0.29, 0.717) is 16.7 Å². The number of nitrogens with one attached hydrogen (secondary N) is 1. The molecule has 1 heterocycles. The highest BCUT2D eigenvalue weighted by molar-refractivity contribution is 6.30. The number of halogens is 1. The van der Waals surface area contributed by atoms with Crippen molar-refractivity contribution in [3.05, 3.63) is 35.6 Å². The van der Waals surface area contributed by atoms with Gasteiger partial charge in [-0.3, -0.25) is 0 Å². The molecule has 1 aromatic carbocycles. The molecule has 0 amide bonds. The van der Waals surface area contributed by atoms with Gasteiger partial charge in [-0.1, -0.05) is 17.7 Å². The molecule has 0 aliphatic rings. The van der Waals surface area contributed by atoms with Crippen LogP contribution in [-0.2, 0) is 0 Å². The summed E-state index contributed by atoms with van der Waals surface area (Å²) in [6.07, 6.45) is 1.57. The van der Waals surface area contributed by atoms with E-state index in [1.807, 2.05) is 24.3 Å². The van der Waals surface area contributed by atoms with E-state index in [9.17, 15) is 0 Å². The molecule has 0 unspecified atom stereocenters. The van der Waals surface area contributed by atoms with Crippen LogP contribution in [0.4, 0.5) is 5.82 Å². The fraction of sp³-hybridized carbons (Fsp3) is 0.100. The predicted molar refractivity (Wildman–Crippen MR) is 56.5 cm³/mol. The van der Waals surface area contributed by atoms with Crippen molar-refractivity contribution in [2.45, 2.75) is 0 Å². The first-order valence-corrected chi connectivity index (χ1v) is 4.56. The normalized spacial score (nSPS) is 10.1. The number of hydrogen-bond donors (Lipinski definition) is 1. The summed E-state index contributed by atoms with van der Waals surface area (Å²) in [6, 6.07) is 7.39. The van der Waals surface area contributed by atoms with Gasteiger partial charge in [-0.05, 0) is 18.2 Å². The summed E-state index contributed by atoms with van der Waals surface area (Å²) < 4.78 is 5.26. The van der Waals surface area contributed by atoms with Crippen molar-refractivity contribution in [1.82, 2.24) is 4.98 Å². The first kappa shape index (κ1) is 9.09. The van der Waals surface area contributed by atoms with Crippen LogP contribution in [0.1, 0.15) is 0 Å². The highest BCUT2D eigenvalue weighted by atomic mass is 35.5. The summed E-state index contributed by atoms with van der Waals surface area (Å²) in [5.74, 6) is 1.27. The zero-order valence-corrected chi connectivity index (χ0v) is 8.38. The second-order valence-corrected chi connectivity index (χ2v) is 3.23. The van der Waals surface area contributed by atoms with Gasteiger partial charge in [0.2, 0.25) is 5.89 Å². The quantitative estimate of drug-likeness (QED) is 0.825. The smallest absolute Gasteiger partial charge is 0.228 e. The van der Waals surface area contributed by atoms with Crippen LogP contribution >= 0.6 is 11.6 Å². The standard InChI is InChI=1S/C10H9ClN2O/c1-12-9-6-14-10(13-9)7-3-2-4-8(11)5-7/h2-6,12H,1H3. The third kappa shape index (κ3) is 1.72. The van der Waals surface area contributed by atoms with E-state index in [1.54, 1.807) is 13.3 Å². The lowest BCUT2D eigenvalue weighted by molar-refractivity contribution is 0.575. The molecule has 0 bridgehead atoms. The molecule has 2 aromatic rings. The molecule has 0 radical (unpaired) electrons. The van der Waals surface area contributed by atoms with Gasteiger partial charge in [0, 0.05) is 17.6 Å². The molecule has 0 spiro atoms. The SMILES string of the molecule is CNc1coc(-c2cccc(Cl)c2)n1. The Labute approximate surface area is 86.7 Å². The van der Waals surface area contributed by atoms with Crippen LogP contribution in [0.2, 0.25) is 5.02 Å². The Balaban J connectivity index is 2.39. The molecule has 2 rings (SSSR count). The third-order valence-corrected chi connectivity index (χ3v) is 2.07. The van der Waals surface area contributed by atoms with Gasteiger partial charge in [-0.15, -0.1) is 0 Å².